The lowest BCUT2D eigenvalue weighted by molar-refractivity contribution is 0.552. The lowest BCUT2D eigenvalue weighted by Crippen LogP contribution is -2.05. The molecule has 2 aromatic carbocycles. The first-order valence-electron chi connectivity index (χ1n) is 6.83. The number of para-hydroxylation sites is 2. The minimum Gasteiger partial charge on any atom is -0.437 e. The molecule has 0 saturated carbocycles. The normalized spacial score (nSPS) is 11.7. The summed E-state index contributed by atoms with van der Waals surface area (Å²) in [6, 6.07) is 12.8. The lowest BCUT2D eigenvalue weighted by atomic mass is 10.3. The molecule has 0 spiro atoms. The molecule has 0 fully saturated rings. The van der Waals surface area contributed by atoms with Gasteiger partial charge in [-0.2, -0.15) is 0 Å². The van der Waals surface area contributed by atoms with Crippen LogP contribution in [0.2, 0.25) is 0 Å². The molecule has 5 nitrogen and oxygen atoms in total. The fourth-order valence-electron chi connectivity index (χ4n) is 2.21. The van der Waals surface area contributed by atoms with E-state index < -0.39 is 5.63 Å². The highest BCUT2D eigenvalue weighted by atomic mass is 79.9. The third kappa shape index (κ3) is 2.68. The maximum Gasteiger partial charge on any atom is 0.362 e. The Morgan fingerprint density at radius 2 is 1.74 bits per heavy atom. The van der Waals surface area contributed by atoms with Crippen LogP contribution < -0.4 is 5.63 Å². The Bertz CT molecular complexity index is 1080. The molecule has 0 saturated heterocycles. The standard InChI is InChI=1S/C17H9BrN2O3/c18-10-5-6-12-15(9-10)23-17(21)13(19-12)7-8-16-20-11-3-1-2-4-14(11)22-16/h1-9H/b8-7+. The van der Waals surface area contributed by atoms with Crippen molar-refractivity contribution in [3.63, 3.8) is 0 Å². The number of oxazole rings is 1. The Kier molecular flexibility index (Phi) is 3.31. The van der Waals surface area contributed by atoms with E-state index in [1.165, 1.54) is 6.08 Å². The van der Waals surface area contributed by atoms with Gasteiger partial charge in [0.25, 0.3) is 0 Å². The maximum absolute atomic E-state index is 12.0. The number of aromatic nitrogens is 2. The van der Waals surface area contributed by atoms with Crippen molar-refractivity contribution in [2.75, 3.05) is 0 Å². The molecule has 0 bridgehead atoms. The van der Waals surface area contributed by atoms with Gasteiger partial charge in [-0.3, -0.25) is 0 Å². The zero-order valence-corrected chi connectivity index (χ0v) is 13.3. The molecule has 23 heavy (non-hydrogen) atoms. The van der Waals surface area contributed by atoms with Crippen LogP contribution in [0.3, 0.4) is 0 Å². The van der Waals surface area contributed by atoms with E-state index in [9.17, 15) is 4.79 Å². The molecule has 0 radical (unpaired) electrons. The van der Waals surface area contributed by atoms with Crippen LogP contribution in [0, 0.1) is 0 Å². The van der Waals surface area contributed by atoms with Gasteiger partial charge in [-0.05, 0) is 36.4 Å². The summed E-state index contributed by atoms with van der Waals surface area (Å²) in [6.45, 7) is 0. The van der Waals surface area contributed by atoms with E-state index in [0.717, 1.165) is 9.99 Å². The summed E-state index contributed by atoms with van der Waals surface area (Å²) < 4.78 is 11.7. The number of benzene rings is 2. The van der Waals surface area contributed by atoms with Gasteiger partial charge in [0.05, 0.1) is 0 Å². The quantitative estimate of drug-likeness (QED) is 0.528. The number of fused-ring (bicyclic) bond motifs is 2. The van der Waals surface area contributed by atoms with Crippen molar-refractivity contribution in [2.24, 2.45) is 0 Å². The first-order chi connectivity index (χ1) is 11.2. The van der Waals surface area contributed by atoms with E-state index in [-0.39, 0.29) is 5.69 Å². The summed E-state index contributed by atoms with van der Waals surface area (Å²) in [6.07, 6.45) is 3.14. The zero-order chi connectivity index (χ0) is 15.8. The van der Waals surface area contributed by atoms with E-state index >= 15 is 0 Å². The van der Waals surface area contributed by atoms with Crippen molar-refractivity contribution in [1.29, 1.82) is 0 Å². The van der Waals surface area contributed by atoms with Gasteiger partial charge in [-0.25, -0.2) is 14.8 Å². The minimum atomic E-state index is -0.511. The van der Waals surface area contributed by atoms with Crippen molar-refractivity contribution in [3.05, 3.63) is 68.9 Å². The van der Waals surface area contributed by atoms with E-state index in [4.69, 9.17) is 8.83 Å². The van der Waals surface area contributed by atoms with Gasteiger partial charge >= 0.3 is 5.63 Å². The first kappa shape index (κ1) is 13.9. The molecule has 4 aromatic rings. The SMILES string of the molecule is O=c1oc2cc(Br)ccc2nc1/C=C/c1nc2ccccc2o1. The molecule has 0 N–H and O–H groups in total. The fraction of sp³-hybridized carbons (Fsp3) is 0. The molecule has 4 rings (SSSR count). The summed E-state index contributed by atoms with van der Waals surface area (Å²) >= 11 is 3.33. The second kappa shape index (κ2) is 5.48. The van der Waals surface area contributed by atoms with E-state index in [0.29, 0.717) is 22.6 Å². The minimum absolute atomic E-state index is 0.196. The third-order valence-corrected chi connectivity index (χ3v) is 3.76. The number of hydrogen-bond acceptors (Lipinski definition) is 5. The maximum atomic E-state index is 12.0. The van der Waals surface area contributed by atoms with Crippen molar-refractivity contribution < 1.29 is 8.83 Å². The van der Waals surface area contributed by atoms with Gasteiger partial charge in [-0.1, -0.05) is 28.1 Å². The topological polar surface area (TPSA) is 69.1 Å². The van der Waals surface area contributed by atoms with Gasteiger partial charge in [0.2, 0.25) is 5.89 Å². The average Bonchev–Trinajstić information content (AvgIpc) is 2.95. The van der Waals surface area contributed by atoms with Crippen LogP contribution >= 0.6 is 15.9 Å². The molecule has 2 aromatic heterocycles. The highest BCUT2D eigenvalue weighted by Crippen LogP contribution is 2.18. The van der Waals surface area contributed by atoms with Gasteiger partial charge < -0.3 is 8.83 Å². The van der Waals surface area contributed by atoms with Crippen molar-refractivity contribution in [2.45, 2.75) is 0 Å². The predicted molar refractivity (Wildman–Crippen MR) is 90.9 cm³/mol. The van der Waals surface area contributed by atoms with Gasteiger partial charge in [0.15, 0.2) is 11.2 Å². The molecule has 0 amide bonds. The van der Waals surface area contributed by atoms with Gasteiger partial charge in [0.1, 0.15) is 16.7 Å². The summed E-state index contributed by atoms with van der Waals surface area (Å²) in [4.78, 5) is 20.6. The Hall–Kier alpha value is -2.73. The van der Waals surface area contributed by atoms with Crippen LogP contribution in [0.4, 0.5) is 0 Å². The molecular formula is C17H9BrN2O3. The fourth-order valence-corrected chi connectivity index (χ4v) is 2.55. The van der Waals surface area contributed by atoms with Crippen molar-refractivity contribution in [1.82, 2.24) is 9.97 Å². The lowest BCUT2D eigenvalue weighted by Gasteiger charge is -1.97. The van der Waals surface area contributed by atoms with Crippen molar-refractivity contribution >= 4 is 50.3 Å². The largest absolute Gasteiger partial charge is 0.437 e. The second-order valence-electron chi connectivity index (χ2n) is 4.85. The monoisotopic (exact) mass is 368 g/mol. The Morgan fingerprint density at radius 1 is 0.913 bits per heavy atom. The number of halogens is 1. The zero-order valence-electron chi connectivity index (χ0n) is 11.7. The molecule has 0 aliphatic heterocycles. The smallest absolute Gasteiger partial charge is 0.362 e. The number of hydrogen-bond donors (Lipinski definition) is 0. The Morgan fingerprint density at radius 3 is 2.61 bits per heavy atom. The van der Waals surface area contributed by atoms with E-state index in [2.05, 4.69) is 25.9 Å². The number of rotatable bonds is 2. The van der Waals surface area contributed by atoms with Crippen LogP contribution in [-0.4, -0.2) is 9.97 Å². The van der Waals surface area contributed by atoms with Crippen LogP contribution in [0.1, 0.15) is 11.6 Å². The van der Waals surface area contributed by atoms with Crippen LogP contribution in [-0.2, 0) is 0 Å². The van der Waals surface area contributed by atoms with Crippen LogP contribution in [0.5, 0.6) is 0 Å². The molecule has 0 atom stereocenters. The summed E-state index contributed by atoms with van der Waals surface area (Å²) in [5.74, 6) is 0.406. The third-order valence-electron chi connectivity index (χ3n) is 3.27. The first-order valence-corrected chi connectivity index (χ1v) is 7.62. The van der Waals surface area contributed by atoms with Crippen LogP contribution in [0.15, 0.2) is 60.6 Å². The molecule has 0 aliphatic rings. The average molecular weight is 369 g/mol. The molecular weight excluding hydrogens is 360 g/mol. The van der Waals surface area contributed by atoms with E-state index in [1.807, 2.05) is 30.3 Å². The second-order valence-corrected chi connectivity index (χ2v) is 5.77. The Balaban J connectivity index is 1.75. The Labute approximate surface area is 138 Å². The van der Waals surface area contributed by atoms with Gasteiger partial charge in [0, 0.05) is 10.5 Å². The predicted octanol–water partition coefficient (Wildman–Crippen LogP) is 4.26. The summed E-state index contributed by atoms with van der Waals surface area (Å²) in [5.41, 5.74) is 2.17. The van der Waals surface area contributed by atoms with Gasteiger partial charge in [-0.15, -0.1) is 0 Å². The summed E-state index contributed by atoms with van der Waals surface area (Å²) in [7, 11) is 0. The molecule has 2 heterocycles. The van der Waals surface area contributed by atoms with Crippen molar-refractivity contribution in [3.8, 4) is 0 Å². The number of nitrogens with zero attached hydrogens (tertiary/aromatic N) is 2. The molecule has 6 heteroatoms. The molecule has 112 valence electrons. The molecule has 0 aliphatic carbocycles. The molecule has 0 unspecified atom stereocenters. The van der Waals surface area contributed by atoms with E-state index in [1.54, 1.807) is 18.2 Å². The summed E-state index contributed by atoms with van der Waals surface area (Å²) in [5, 5.41) is 0. The highest BCUT2D eigenvalue weighted by molar-refractivity contribution is 9.10. The van der Waals surface area contributed by atoms with Crippen LogP contribution in [0.25, 0.3) is 34.4 Å². The highest BCUT2D eigenvalue weighted by Gasteiger charge is 2.06.